The molecule has 0 heterocycles. The minimum absolute atomic E-state index is 0.146. The van der Waals surface area contributed by atoms with E-state index in [0.29, 0.717) is 19.7 Å². The summed E-state index contributed by atoms with van der Waals surface area (Å²) in [6.45, 7) is 9.24. The third kappa shape index (κ3) is 15.8. The standard InChI is InChI=1S/C18H38N2O3/c1-5-6-7-8-9-10-11-12-13-22-16(14-19)15-20-17(21)23-18(2,3)4/h16H,5-15,19H2,1-4H3,(H,20,21). The fraction of sp³-hybridized carbons (Fsp3) is 0.944. The van der Waals surface area contributed by atoms with E-state index in [9.17, 15) is 4.79 Å². The highest BCUT2D eigenvalue weighted by Crippen LogP contribution is 2.09. The van der Waals surface area contributed by atoms with Crippen LogP contribution in [0.5, 0.6) is 0 Å². The molecular formula is C18H38N2O3. The van der Waals surface area contributed by atoms with Gasteiger partial charge in [0, 0.05) is 19.7 Å². The van der Waals surface area contributed by atoms with Gasteiger partial charge in [0.05, 0.1) is 6.10 Å². The van der Waals surface area contributed by atoms with Gasteiger partial charge in [-0.25, -0.2) is 4.79 Å². The van der Waals surface area contributed by atoms with Crippen molar-refractivity contribution in [2.75, 3.05) is 19.7 Å². The first-order valence-corrected chi connectivity index (χ1v) is 9.17. The topological polar surface area (TPSA) is 73.6 Å². The zero-order chi connectivity index (χ0) is 17.6. The molecule has 0 spiro atoms. The predicted octanol–water partition coefficient (Wildman–Crippen LogP) is 4.00. The predicted molar refractivity (Wildman–Crippen MR) is 95.6 cm³/mol. The van der Waals surface area contributed by atoms with Crippen LogP contribution < -0.4 is 11.1 Å². The molecule has 0 saturated heterocycles. The third-order valence-corrected chi connectivity index (χ3v) is 3.49. The van der Waals surface area contributed by atoms with Gasteiger partial charge in [-0.2, -0.15) is 0 Å². The van der Waals surface area contributed by atoms with E-state index in [1.54, 1.807) is 0 Å². The first kappa shape index (κ1) is 22.2. The average Bonchev–Trinajstić information content (AvgIpc) is 2.46. The lowest BCUT2D eigenvalue weighted by molar-refractivity contribution is 0.0363. The van der Waals surface area contributed by atoms with Crippen molar-refractivity contribution in [3.63, 3.8) is 0 Å². The van der Waals surface area contributed by atoms with Crippen molar-refractivity contribution >= 4 is 6.09 Å². The molecule has 23 heavy (non-hydrogen) atoms. The minimum Gasteiger partial charge on any atom is -0.444 e. The Hall–Kier alpha value is -0.810. The van der Waals surface area contributed by atoms with Crippen LogP contribution in [0.15, 0.2) is 0 Å². The fourth-order valence-corrected chi connectivity index (χ4v) is 2.21. The van der Waals surface area contributed by atoms with Crippen LogP contribution in [0, 0.1) is 0 Å². The summed E-state index contributed by atoms with van der Waals surface area (Å²) in [5.74, 6) is 0. The monoisotopic (exact) mass is 330 g/mol. The Bertz CT molecular complexity index is 290. The highest BCUT2D eigenvalue weighted by atomic mass is 16.6. The zero-order valence-electron chi connectivity index (χ0n) is 15.7. The van der Waals surface area contributed by atoms with Gasteiger partial charge in [0.2, 0.25) is 0 Å². The van der Waals surface area contributed by atoms with Crippen molar-refractivity contribution in [1.29, 1.82) is 0 Å². The number of rotatable bonds is 13. The zero-order valence-corrected chi connectivity index (χ0v) is 15.7. The molecule has 5 nitrogen and oxygen atoms in total. The van der Waals surface area contributed by atoms with Crippen LogP contribution in [0.1, 0.15) is 79.1 Å². The lowest BCUT2D eigenvalue weighted by atomic mass is 10.1. The number of unbranched alkanes of at least 4 members (excludes halogenated alkanes) is 7. The summed E-state index contributed by atoms with van der Waals surface area (Å²) in [6.07, 6.45) is 9.63. The van der Waals surface area contributed by atoms with Gasteiger partial charge in [-0.3, -0.25) is 0 Å². The average molecular weight is 331 g/mol. The van der Waals surface area contributed by atoms with Crippen LogP contribution in [0.25, 0.3) is 0 Å². The Labute approximate surface area is 142 Å². The SMILES string of the molecule is CCCCCCCCCCOC(CN)CNC(=O)OC(C)(C)C. The van der Waals surface area contributed by atoms with Gasteiger partial charge < -0.3 is 20.5 Å². The van der Waals surface area contributed by atoms with E-state index < -0.39 is 11.7 Å². The number of alkyl carbamates (subject to hydrolysis) is 1. The Kier molecular flexibility index (Phi) is 13.1. The van der Waals surface area contributed by atoms with E-state index in [-0.39, 0.29) is 6.10 Å². The quantitative estimate of drug-likeness (QED) is 0.501. The van der Waals surface area contributed by atoms with Crippen molar-refractivity contribution in [1.82, 2.24) is 5.32 Å². The Morgan fingerprint density at radius 3 is 2.13 bits per heavy atom. The number of hydrogen-bond acceptors (Lipinski definition) is 4. The molecule has 5 heteroatoms. The number of hydrogen-bond donors (Lipinski definition) is 2. The first-order chi connectivity index (χ1) is 10.9. The molecule has 0 rings (SSSR count). The number of amides is 1. The normalized spacial score (nSPS) is 12.9. The number of ether oxygens (including phenoxy) is 2. The van der Waals surface area contributed by atoms with E-state index in [1.165, 1.54) is 44.9 Å². The molecule has 0 aliphatic rings. The minimum atomic E-state index is -0.486. The first-order valence-electron chi connectivity index (χ1n) is 9.17. The lowest BCUT2D eigenvalue weighted by Gasteiger charge is -2.21. The second-order valence-electron chi connectivity index (χ2n) is 7.09. The summed E-state index contributed by atoms with van der Waals surface area (Å²) < 4.78 is 10.9. The number of nitrogens with two attached hydrogens (primary N) is 1. The molecule has 0 aliphatic carbocycles. The Balaban J connectivity index is 3.57. The molecular weight excluding hydrogens is 292 g/mol. The van der Waals surface area contributed by atoms with Crippen molar-refractivity contribution in [2.24, 2.45) is 5.73 Å². The van der Waals surface area contributed by atoms with Crippen LogP contribution >= 0.6 is 0 Å². The van der Waals surface area contributed by atoms with Crippen LogP contribution in [-0.2, 0) is 9.47 Å². The molecule has 0 aliphatic heterocycles. The van der Waals surface area contributed by atoms with Crippen LogP contribution in [0.4, 0.5) is 4.79 Å². The van der Waals surface area contributed by atoms with Gasteiger partial charge >= 0.3 is 6.09 Å². The summed E-state index contributed by atoms with van der Waals surface area (Å²) in [5, 5.41) is 2.70. The van der Waals surface area contributed by atoms with Gasteiger partial charge in [0.25, 0.3) is 0 Å². The lowest BCUT2D eigenvalue weighted by Crippen LogP contribution is -2.40. The van der Waals surface area contributed by atoms with E-state index in [1.807, 2.05) is 20.8 Å². The van der Waals surface area contributed by atoms with Gasteiger partial charge in [-0.05, 0) is 27.2 Å². The van der Waals surface area contributed by atoms with Crippen molar-refractivity contribution in [3.05, 3.63) is 0 Å². The second-order valence-corrected chi connectivity index (χ2v) is 7.09. The largest absolute Gasteiger partial charge is 0.444 e. The van der Waals surface area contributed by atoms with Crippen molar-refractivity contribution < 1.29 is 14.3 Å². The Morgan fingerprint density at radius 1 is 1.04 bits per heavy atom. The molecule has 0 aromatic heterocycles. The molecule has 3 N–H and O–H groups in total. The van der Waals surface area contributed by atoms with Gasteiger partial charge in [-0.15, -0.1) is 0 Å². The van der Waals surface area contributed by atoms with E-state index in [2.05, 4.69) is 12.2 Å². The van der Waals surface area contributed by atoms with Crippen molar-refractivity contribution in [2.45, 2.75) is 90.8 Å². The molecule has 138 valence electrons. The van der Waals surface area contributed by atoms with E-state index in [0.717, 1.165) is 6.42 Å². The van der Waals surface area contributed by atoms with Crippen LogP contribution in [0.2, 0.25) is 0 Å². The van der Waals surface area contributed by atoms with Crippen LogP contribution in [-0.4, -0.2) is 37.5 Å². The summed E-state index contributed by atoms with van der Waals surface area (Å²) in [7, 11) is 0. The number of nitrogens with one attached hydrogen (secondary N) is 1. The maximum atomic E-state index is 11.6. The number of carbonyl (C=O) groups excluding carboxylic acids is 1. The molecule has 0 saturated carbocycles. The van der Waals surface area contributed by atoms with E-state index in [4.69, 9.17) is 15.2 Å². The molecule has 0 fully saturated rings. The number of carbonyl (C=O) groups is 1. The fourth-order valence-electron chi connectivity index (χ4n) is 2.21. The summed E-state index contributed by atoms with van der Waals surface area (Å²) >= 11 is 0. The summed E-state index contributed by atoms with van der Waals surface area (Å²) in [6, 6.07) is 0. The molecule has 1 atom stereocenters. The highest BCUT2D eigenvalue weighted by molar-refractivity contribution is 5.67. The molecule has 0 radical (unpaired) electrons. The Morgan fingerprint density at radius 2 is 1.61 bits per heavy atom. The molecule has 1 amide bonds. The van der Waals surface area contributed by atoms with Gasteiger partial charge in [0.1, 0.15) is 5.60 Å². The van der Waals surface area contributed by atoms with Gasteiger partial charge in [-0.1, -0.05) is 51.9 Å². The maximum Gasteiger partial charge on any atom is 0.407 e. The molecule has 0 aromatic rings. The van der Waals surface area contributed by atoms with Crippen molar-refractivity contribution in [3.8, 4) is 0 Å². The highest BCUT2D eigenvalue weighted by Gasteiger charge is 2.17. The van der Waals surface area contributed by atoms with Crippen LogP contribution in [0.3, 0.4) is 0 Å². The maximum absolute atomic E-state index is 11.6. The summed E-state index contributed by atoms with van der Waals surface area (Å²) in [4.78, 5) is 11.6. The molecule has 0 bridgehead atoms. The van der Waals surface area contributed by atoms with E-state index >= 15 is 0 Å². The van der Waals surface area contributed by atoms with Gasteiger partial charge in [0.15, 0.2) is 0 Å². The molecule has 0 aromatic carbocycles. The molecule has 1 unspecified atom stereocenters. The third-order valence-electron chi connectivity index (χ3n) is 3.49. The smallest absolute Gasteiger partial charge is 0.407 e. The summed E-state index contributed by atoms with van der Waals surface area (Å²) in [5.41, 5.74) is 5.19. The second kappa shape index (κ2) is 13.6.